The van der Waals surface area contributed by atoms with E-state index in [0.29, 0.717) is 6.20 Å². The smallest absolute Gasteiger partial charge is 0.309 e. The number of nitro groups is 1. The number of hydrogen-bond donors (Lipinski definition) is 1. The molecule has 11 heteroatoms. The molecule has 0 radical (unpaired) electrons. The highest BCUT2D eigenvalue weighted by Crippen LogP contribution is 2.36. The van der Waals surface area contributed by atoms with E-state index in [0.717, 1.165) is 0 Å². The van der Waals surface area contributed by atoms with E-state index in [-0.39, 0.29) is 0 Å². The average Bonchev–Trinajstić information content (AvgIpc) is 2.14. The molecule has 2 N–H and O–H groups in total. The molecule has 0 spiro atoms. The molecule has 0 aromatic carbocycles. The minimum absolute atomic E-state index is 0.368. The summed E-state index contributed by atoms with van der Waals surface area (Å²) < 4.78 is 46.9. The maximum atomic E-state index is 12.4. The Bertz CT molecular complexity index is 577. The van der Waals surface area contributed by atoms with Gasteiger partial charge in [-0.3, -0.25) is 10.1 Å². The predicted molar refractivity (Wildman–Crippen MR) is 53.3 cm³/mol. The zero-order chi connectivity index (χ0) is 13.4. The van der Waals surface area contributed by atoms with Gasteiger partial charge < -0.3 is 5.73 Å². The molecule has 7 nitrogen and oxygen atoms in total. The molecule has 0 aliphatic heterocycles. The second-order valence-electron chi connectivity index (χ2n) is 2.77. The molecule has 1 heterocycles. The second kappa shape index (κ2) is 4.37. The summed E-state index contributed by atoms with van der Waals surface area (Å²) in [5.41, 5.74) is 1.95. The Morgan fingerprint density at radius 1 is 1.53 bits per heavy atom. The van der Waals surface area contributed by atoms with E-state index in [9.17, 15) is 27.3 Å². The lowest BCUT2D eigenvalue weighted by Crippen LogP contribution is -2.08. The van der Waals surface area contributed by atoms with Crippen LogP contribution in [0.3, 0.4) is 0 Å². The van der Waals surface area contributed by atoms with Gasteiger partial charge >= 0.3 is 5.69 Å². The minimum Gasteiger partial charge on any atom is -0.396 e. The summed E-state index contributed by atoms with van der Waals surface area (Å²) >= 11 is 0. The van der Waals surface area contributed by atoms with Gasteiger partial charge in [-0.05, 0) is 0 Å². The third-order valence-electron chi connectivity index (χ3n) is 1.73. The van der Waals surface area contributed by atoms with E-state index in [1.54, 1.807) is 0 Å². The number of pyridine rings is 1. The lowest BCUT2D eigenvalue weighted by atomic mass is 10.3. The number of hydrogen-bond acceptors (Lipinski definition) is 6. The van der Waals surface area contributed by atoms with Crippen LogP contribution in [-0.2, 0) is 9.05 Å². The topological polar surface area (TPSA) is 116 Å². The Morgan fingerprint density at radius 2 is 2.06 bits per heavy atom. The molecule has 0 aliphatic rings. The normalized spacial score (nSPS) is 11.8. The van der Waals surface area contributed by atoms with Crippen molar-refractivity contribution < 1.29 is 22.1 Å². The van der Waals surface area contributed by atoms with Crippen molar-refractivity contribution in [2.45, 2.75) is 11.3 Å². The van der Waals surface area contributed by atoms with Crippen molar-refractivity contribution in [3.63, 3.8) is 0 Å². The van der Waals surface area contributed by atoms with Crippen LogP contribution in [0.1, 0.15) is 12.1 Å². The Kier molecular flexibility index (Phi) is 3.48. The van der Waals surface area contributed by atoms with E-state index >= 15 is 0 Å². The van der Waals surface area contributed by atoms with E-state index in [2.05, 4.69) is 4.98 Å². The summed E-state index contributed by atoms with van der Waals surface area (Å²) in [7, 11) is 0.272. The molecule has 17 heavy (non-hydrogen) atoms. The first-order chi connectivity index (χ1) is 7.66. The molecular formula is C6H4ClF2N3O4S. The molecule has 0 bridgehead atoms. The van der Waals surface area contributed by atoms with Crippen LogP contribution in [0.2, 0.25) is 0 Å². The van der Waals surface area contributed by atoms with E-state index in [1.807, 2.05) is 0 Å². The van der Waals surface area contributed by atoms with Crippen molar-refractivity contribution in [2.75, 3.05) is 5.73 Å². The first-order valence-electron chi connectivity index (χ1n) is 3.81. The zero-order valence-electron chi connectivity index (χ0n) is 7.80. The summed E-state index contributed by atoms with van der Waals surface area (Å²) in [4.78, 5) is 11.2. The fourth-order valence-corrected chi connectivity index (χ4v) is 2.30. The number of anilines is 1. The molecule has 94 valence electrons. The van der Waals surface area contributed by atoms with Gasteiger partial charge in [0, 0.05) is 10.7 Å². The number of nitrogens with zero attached hydrogens (tertiary/aromatic N) is 2. The summed E-state index contributed by atoms with van der Waals surface area (Å²) in [6.45, 7) is 0. The molecule has 1 aromatic heterocycles. The van der Waals surface area contributed by atoms with Crippen molar-refractivity contribution in [3.05, 3.63) is 22.0 Å². The fourth-order valence-electron chi connectivity index (χ4n) is 1.07. The van der Waals surface area contributed by atoms with Gasteiger partial charge in [0.2, 0.25) is 0 Å². The van der Waals surface area contributed by atoms with Crippen molar-refractivity contribution in [1.82, 2.24) is 4.98 Å². The molecule has 0 amide bonds. The van der Waals surface area contributed by atoms with Gasteiger partial charge in [0.1, 0.15) is 11.9 Å². The van der Waals surface area contributed by atoms with Crippen LogP contribution >= 0.6 is 10.7 Å². The van der Waals surface area contributed by atoms with Gasteiger partial charge in [-0.2, -0.15) is 0 Å². The molecular weight excluding hydrogens is 284 g/mol. The monoisotopic (exact) mass is 287 g/mol. The fraction of sp³-hybridized carbons (Fsp3) is 0.167. The molecule has 0 atom stereocenters. The maximum Gasteiger partial charge on any atom is 0.309 e. The number of aromatic nitrogens is 1. The summed E-state index contributed by atoms with van der Waals surface area (Å²) in [6.07, 6.45) is -2.81. The van der Waals surface area contributed by atoms with Crippen LogP contribution < -0.4 is 5.73 Å². The molecule has 0 saturated carbocycles. The van der Waals surface area contributed by atoms with Crippen molar-refractivity contribution in [1.29, 1.82) is 0 Å². The van der Waals surface area contributed by atoms with E-state index in [1.165, 1.54) is 0 Å². The lowest BCUT2D eigenvalue weighted by molar-refractivity contribution is -0.388. The van der Waals surface area contributed by atoms with E-state index < -0.39 is 42.4 Å². The van der Waals surface area contributed by atoms with Gasteiger partial charge in [-0.25, -0.2) is 22.2 Å². The van der Waals surface area contributed by atoms with Gasteiger partial charge in [-0.1, -0.05) is 0 Å². The van der Waals surface area contributed by atoms with Crippen molar-refractivity contribution in [2.24, 2.45) is 0 Å². The molecule has 1 aromatic rings. The number of nitrogens with two attached hydrogens (primary N) is 1. The maximum absolute atomic E-state index is 12.4. The highest BCUT2D eigenvalue weighted by molar-refractivity contribution is 8.14. The Labute approximate surface area is 97.8 Å². The standard InChI is InChI=1S/C6H4ClF2N3O4S/c7-17(15,16)5-2(12(13)14)1-11-4(3(5)10)6(8)9/h1,6H,10H2. The molecule has 0 aliphatic carbocycles. The van der Waals surface area contributed by atoms with Gasteiger partial charge in [0.15, 0.2) is 4.90 Å². The minimum atomic E-state index is -4.63. The first-order valence-corrected chi connectivity index (χ1v) is 6.12. The van der Waals surface area contributed by atoms with Crippen LogP contribution in [0.4, 0.5) is 20.2 Å². The highest BCUT2D eigenvalue weighted by Gasteiger charge is 2.31. The first kappa shape index (κ1) is 13.5. The third kappa shape index (κ3) is 2.58. The molecule has 0 unspecified atom stereocenters. The van der Waals surface area contributed by atoms with Gasteiger partial charge in [-0.15, -0.1) is 0 Å². The largest absolute Gasteiger partial charge is 0.396 e. The third-order valence-corrected chi connectivity index (χ3v) is 3.11. The summed E-state index contributed by atoms with van der Waals surface area (Å²) in [6, 6.07) is 0. The summed E-state index contributed by atoms with van der Waals surface area (Å²) in [5, 5.41) is 10.5. The second-order valence-corrected chi connectivity index (χ2v) is 5.27. The predicted octanol–water partition coefficient (Wildman–Crippen LogP) is 1.44. The molecule has 1 rings (SSSR count). The zero-order valence-corrected chi connectivity index (χ0v) is 9.37. The quantitative estimate of drug-likeness (QED) is 0.511. The Morgan fingerprint density at radius 3 is 2.41 bits per heavy atom. The van der Waals surface area contributed by atoms with Gasteiger partial charge in [0.05, 0.1) is 10.6 Å². The Hall–Kier alpha value is -1.55. The number of halogens is 3. The molecule has 0 fully saturated rings. The molecule has 0 saturated heterocycles. The highest BCUT2D eigenvalue weighted by atomic mass is 35.7. The summed E-state index contributed by atoms with van der Waals surface area (Å²) in [5.74, 6) is 0. The van der Waals surface area contributed by atoms with E-state index in [4.69, 9.17) is 16.4 Å². The van der Waals surface area contributed by atoms with Crippen LogP contribution in [0.5, 0.6) is 0 Å². The van der Waals surface area contributed by atoms with Crippen LogP contribution in [0, 0.1) is 10.1 Å². The SMILES string of the molecule is Nc1c(C(F)F)ncc([N+](=O)[O-])c1S(=O)(=O)Cl. The van der Waals surface area contributed by atoms with Crippen molar-refractivity contribution >= 4 is 31.1 Å². The van der Waals surface area contributed by atoms with Crippen LogP contribution in [0.25, 0.3) is 0 Å². The van der Waals surface area contributed by atoms with Gasteiger partial charge in [0.25, 0.3) is 15.5 Å². The van der Waals surface area contributed by atoms with Crippen molar-refractivity contribution in [3.8, 4) is 0 Å². The van der Waals surface area contributed by atoms with Crippen LogP contribution in [0.15, 0.2) is 11.1 Å². The Balaban J connectivity index is 3.72. The average molecular weight is 288 g/mol. The lowest BCUT2D eigenvalue weighted by Gasteiger charge is -2.07. The van der Waals surface area contributed by atoms with Crippen LogP contribution in [-0.4, -0.2) is 18.3 Å². The number of nitrogen functional groups attached to an aromatic ring is 1. The number of alkyl halides is 2. The number of rotatable bonds is 3.